The van der Waals surface area contributed by atoms with E-state index in [9.17, 15) is 35.1 Å². The topological polar surface area (TPSA) is 175 Å². The Hall–Kier alpha value is -2.38. The minimum atomic E-state index is -1.58. The molecule has 0 aromatic heterocycles. The molecule has 1 saturated heterocycles. The van der Waals surface area contributed by atoms with Crippen LogP contribution in [0.2, 0.25) is 0 Å². The van der Waals surface area contributed by atoms with Crippen molar-refractivity contribution >= 4 is 11.9 Å². The zero-order valence-corrected chi connectivity index (χ0v) is 43.3. The fourth-order valence-corrected chi connectivity index (χ4v) is 8.44. The van der Waals surface area contributed by atoms with Gasteiger partial charge in [-0.05, 0) is 77.0 Å². The Morgan fingerprint density at radius 1 is 0.544 bits per heavy atom. The van der Waals surface area contributed by atoms with Crippen LogP contribution in [0.5, 0.6) is 0 Å². The number of aliphatic hydroxyl groups is 5. The lowest BCUT2D eigenvalue weighted by molar-refractivity contribution is -0.302. The number of hydrogen-bond donors (Lipinski definition) is 6. The molecule has 7 unspecified atom stereocenters. The lowest BCUT2D eigenvalue weighted by Crippen LogP contribution is -2.60. The number of allylic oxidation sites excluding steroid dienone is 7. The molecule has 1 rings (SSSR count). The van der Waals surface area contributed by atoms with Gasteiger partial charge in [-0.15, -0.1) is 0 Å². The summed E-state index contributed by atoms with van der Waals surface area (Å²) < 4.78 is 16.6. The van der Waals surface area contributed by atoms with Crippen LogP contribution in [0, 0.1) is 0 Å². The highest BCUT2D eigenvalue weighted by molar-refractivity contribution is 5.76. The summed E-state index contributed by atoms with van der Waals surface area (Å²) >= 11 is 0. The number of nitrogens with one attached hydrogen (secondary N) is 1. The molecule has 0 aromatic carbocycles. The first kappa shape index (κ1) is 63.6. The van der Waals surface area contributed by atoms with E-state index in [0.717, 1.165) is 103 Å². The number of carbonyl (C=O) groups is 2. The molecule has 1 fully saturated rings. The van der Waals surface area contributed by atoms with Gasteiger partial charge in [0, 0.05) is 12.8 Å². The largest absolute Gasteiger partial charge is 0.466 e. The van der Waals surface area contributed by atoms with Gasteiger partial charge in [0.15, 0.2) is 6.29 Å². The molecule has 68 heavy (non-hydrogen) atoms. The third kappa shape index (κ3) is 36.5. The summed E-state index contributed by atoms with van der Waals surface area (Å²) in [5.74, 6) is -0.257. The van der Waals surface area contributed by atoms with Crippen LogP contribution in [-0.2, 0) is 23.8 Å². The number of esters is 1. The predicted octanol–water partition coefficient (Wildman–Crippen LogP) is 12.1. The van der Waals surface area contributed by atoms with Crippen molar-refractivity contribution in [2.45, 2.75) is 281 Å². The average molecular weight is 962 g/mol. The van der Waals surface area contributed by atoms with Crippen molar-refractivity contribution in [1.29, 1.82) is 0 Å². The molecule has 11 nitrogen and oxygen atoms in total. The van der Waals surface area contributed by atoms with Gasteiger partial charge < -0.3 is 45.1 Å². The van der Waals surface area contributed by atoms with Gasteiger partial charge in [0.25, 0.3) is 0 Å². The second kappa shape index (κ2) is 47.0. The maximum absolute atomic E-state index is 13.0. The van der Waals surface area contributed by atoms with Gasteiger partial charge in [0.1, 0.15) is 24.4 Å². The van der Waals surface area contributed by atoms with E-state index in [-0.39, 0.29) is 18.5 Å². The van der Waals surface area contributed by atoms with E-state index in [1.54, 1.807) is 6.08 Å². The summed E-state index contributed by atoms with van der Waals surface area (Å²) in [7, 11) is 0. The van der Waals surface area contributed by atoms with Gasteiger partial charge in [-0.1, -0.05) is 197 Å². The summed E-state index contributed by atoms with van der Waals surface area (Å²) in [6.45, 7) is 4.19. The van der Waals surface area contributed by atoms with Crippen LogP contribution < -0.4 is 5.32 Å². The number of unbranched alkanes of at least 4 members (excludes halogenated alkanes) is 28. The Labute approximate surface area is 415 Å². The molecule has 0 aromatic rings. The molecule has 1 aliphatic heterocycles. The minimum Gasteiger partial charge on any atom is -0.466 e. The van der Waals surface area contributed by atoms with E-state index in [2.05, 4.69) is 55.6 Å². The number of hydrogen-bond acceptors (Lipinski definition) is 10. The maximum atomic E-state index is 13.0. The van der Waals surface area contributed by atoms with E-state index in [1.165, 1.54) is 109 Å². The fourth-order valence-electron chi connectivity index (χ4n) is 8.44. The Morgan fingerprint density at radius 3 is 1.57 bits per heavy atom. The molecule has 0 saturated carbocycles. The Balaban J connectivity index is 2.11. The van der Waals surface area contributed by atoms with Crippen molar-refractivity contribution in [1.82, 2.24) is 5.32 Å². The zero-order valence-electron chi connectivity index (χ0n) is 43.3. The Bertz CT molecular complexity index is 1270. The molecule has 396 valence electrons. The highest BCUT2D eigenvalue weighted by Crippen LogP contribution is 2.23. The van der Waals surface area contributed by atoms with Crippen molar-refractivity contribution in [3.8, 4) is 0 Å². The number of carbonyl (C=O) groups excluding carboxylic acids is 2. The average Bonchev–Trinajstić information content (AvgIpc) is 3.33. The highest BCUT2D eigenvalue weighted by Gasteiger charge is 2.44. The molecule has 1 amide bonds. The van der Waals surface area contributed by atoms with E-state index in [1.807, 2.05) is 6.08 Å². The van der Waals surface area contributed by atoms with Crippen LogP contribution in [0.25, 0.3) is 0 Å². The first-order valence-corrected chi connectivity index (χ1v) is 27.9. The summed E-state index contributed by atoms with van der Waals surface area (Å²) in [6, 6.07) is -0.843. The summed E-state index contributed by atoms with van der Waals surface area (Å²) in [4.78, 5) is 25.0. The molecule has 1 aliphatic rings. The molecule has 0 aliphatic carbocycles. The quantitative estimate of drug-likeness (QED) is 0.0149. The molecule has 0 bridgehead atoms. The normalized spacial score (nSPS) is 19.8. The van der Waals surface area contributed by atoms with Crippen LogP contribution >= 0.6 is 0 Å². The van der Waals surface area contributed by atoms with Crippen molar-refractivity contribution < 1.29 is 49.3 Å². The van der Waals surface area contributed by atoms with Crippen molar-refractivity contribution in [3.63, 3.8) is 0 Å². The minimum absolute atomic E-state index is 0.0393. The van der Waals surface area contributed by atoms with Crippen molar-refractivity contribution in [2.75, 3.05) is 19.8 Å². The maximum Gasteiger partial charge on any atom is 0.305 e. The van der Waals surface area contributed by atoms with Gasteiger partial charge in [-0.2, -0.15) is 0 Å². The van der Waals surface area contributed by atoms with E-state index in [4.69, 9.17) is 14.2 Å². The number of rotatable bonds is 47. The van der Waals surface area contributed by atoms with E-state index in [0.29, 0.717) is 19.4 Å². The van der Waals surface area contributed by atoms with Gasteiger partial charge in [-0.3, -0.25) is 9.59 Å². The predicted molar refractivity (Wildman–Crippen MR) is 278 cm³/mol. The molecule has 7 atom stereocenters. The molecule has 6 N–H and O–H groups in total. The Kier molecular flexibility index (Phi) is 44.0. The monoisotopic (exact) mass is 962 g/mol. The van der Waals surface area contributed by atoms with Gasteiger partial charge >= 0.3 is 5.97 Å². The van der Waals surface area contributed by atoms with Gasteiger partial charge in [0.05, 0.1) is 32.0 Å². The molecule has 0 spiro atoms. The van der Waals surface area contributed by atoms with E-state index >= 15 is 0 Å². The van der Waals surface area contributed by atoms with Gasteiger partial charge in [0.2, 0.25) is 5.91 Å². The summed E-state index contributed by atoms with van der Waals surface area (Å²) in [5.41, 5.74) is 0. The van der Waals surface area contributed by atoms with Crippen LogP contribution in [-0.4, -0.2) is 100 Å². The standard InChI is InChI=1S/C57H103NO10/c1-3-5-7-9-11-13-14-15-16-19-22-25-29-33-37-41-45-53(62)66-46-42-38-34-30-26-23-20-17-18-21-24-28-32-36-40-44-52(61)58-49(50(60)43-39-35-31-27-12-10-8-6-4-2)48-67-57-56(65)55(64)54(63)51(47-59)68-57/h12,17,20,23,26-27,39,43,49-51,54-57,59-60,63-65H,3-11,13-16,18-19,21-22,24-25,28-38,40-42,44-48H2,1-2H3,(H,58,61)/b20-17-,26-23-,27-12+,43-39+. The zero-order chi connectivity index (χ0) is 49.6. The van der Waals surface area contributed by atoms with Crippen LogP contribution in [0.15, 0.2) is 48.6 Å². The lowest BCUT2D eigenvalue weighted by Gasteiger charge is -2.40. The number of amides is 1. The fraction of sp³-hybridized carbons (Fsp3) is 0.825. The summed E-state index contributed by atoms with van der Waals surface area (Å²) in [5, 5.41) is 54.1. The summed E-state index contributed by atoms with van der Waals surface area (Å²) in [6.07, 6.45) is 47.9. The molecular formula is C57H103NO10. The Morgan fingerprint density at radius 2 is 1.00 bits per heavy atom. The van der Waals surface area contributed by atoms with Gasteiger partial charge in [-0.25, -0.2) is 0 Å². The molecular weight excluding hydrogens is 859 g/mol. The van der Waals surface area contributed by atoms with Crippen LogP contribution in [0.3, 0.4) is 0 Å². The van der Waals surface area contributed by atoms with E-state index < -0.39 is 49.5 Å². The van der Waals surface area contributed by atoms with Crippen molar-refractivity contribution in [3.05, 3.63) is 48.6 Å². The number of aliphatic hydroxyl groups excluding tert-OH is 5. The molecule has 11 heteroatoms. The van der Waals surface area contributed by atoms with Crippen LogP contribution in [0.4, 0.5) is 0 Å². The first-order valence-electron chi connectivity index (χ1n) is 27.9. The molecule has 0 radical (unpaired) electrons. The SMILES string of the molecule is CCCCC/C=C/CC/C=C/C(O)C(COC1OC(CO)C(O)C(O)C1O)NC(=O)CCCCCCCC/C=C\C=C/CCCCCOC(=O)CCCCCCCCCCCCCCCCCC. The number of ether oxygens (including phenoxy) is 3. The second-order valence-electron chi connectivity index (χ2n) is 19.3. The highest BCUT2D eigenvalue weighted by atomic mass is 16.7. The molecule has 1 heterocycles. The first-order chi connectivity index (χ1) is 33.2. The third-order valence-electron chi connectivity index (χ3n) is 12.9. The van der Waals surface area contributed by atoms with Crippen LogP contribution in [0.1, 0.15) is 239 Å². The second-order valence-corrected chi connectivity index (χ2v) is 19.3. The smallest absolute Gasteiger partial charge is 0.305 e. The third-order valence-corrected chi connectivity index (χ3v) is 12.9. The lowest BCUT2D eigenvalue weighted by atomic mass is 9.99. The van der Waals surface area contributed by atoms with Crippen molar-refractivity contribution in [2.24, 2.45) is 0 Å².